The van der Waals surface area contributed by atoms with E-state index >= 15 is 0 Å². The summed E-state index contributed by atoms with van der Waals surface area (Å²) in [5.41, 5.74) is 3.74. The summed E-state index contributed by atoms with van der Waals surface area (Å²) in [6, 6.07) is 9.05. The van der Waals surface area contributed by atoms with Crippen LogP contribution in [-0.4, -0.2) is 72.7 Å². The molecule has 0 unspecified atom stereocenters. The first-order valence-corrected chi connectivity index (χ1v) is 12.1. The highest BCUT2D eigenvalue weighted by atomic mass is 16.6. The number of hydrogen-bond acceptors (Lipinski definition) is 10. The average Bonchev–Trinajstić information content (AvgIpc) is 3.12. The first kappa shape index (κ1) is 26.1. The number of anilines is 5. The maximum Gasteiger partial charge on any atom is 0.294 e. The van der Waals surface area contributed by atoms with Crippen LogP contribution < -0.4 is 19.9 Å². The summed E-state index contributed by atoms with van der Waals surface area (Å²) in [5.74, 6) is 1.48. The number of nitro benzene ring substituents is 1. The van der Waals surface area contributed by atoms with Crippen molar-refractivity contribution in [1.29, 1.82) is 0 Å². The van der Waals surface area contributed by atoms with Crippen molar-refractivity contribution in [1.82, 2.24) is 19.9 Å². The number of fused-ring (bicyclic) bond motifs is 1. The standard InChI is InChI=1S/C26H34N8O3/c1-17-8-9-19-24(28-17)26(2,3)16-33(19)23-10-11-27-25(30-23)29-18-14-21(34(35)36)20(15-22(18)37-7)32(6)13-12-31(4)5/h8-11,14-15H,12-13,16H2,1-7H3,(H,27,29,30). The largest absolute Gasteiger partial charge is 0.494 e. The number of benzene rings is 1. The first-order valence-electron chi connectivity index (χ1n) is 12.1. The van der Waals surface area contributed by atoms with Gasteiger partial charge in [0, 0.05) is 56.1 Å². The van der Waals surface area contributed by atoms with E-state index in [-0.39, 0.29) is 16.0 Å². The quantitative estimate of drug-likeness (QED) is 0.333. The number of aryl methyl sites for hydroxylation is 1. The molecule has 0 amide bonds. The first-order chi connectivity index (χ1) is 17.5. The number of nitrogens with one attached hydrogen (secondary N) is 1. The summed E-state index contributed by atoms with van der Waals surface area (Å²) < 4.78 is 5.59. The van der Waals surface area contributed by atoms with Gasteiger partial charge < -0.3 is 24.8 Å². The summed E-state index contributed by atoms with van der Waals surface area (Å²) in [6.45, 7) is 8.42. The average molecular weight is 507 g/mol. The molecule has 3 aromatic rings. The van der Waals surface area contributed by atoms with E-state index in [4.69, 9.17) is 14.7 Å². The number of methoxy groups -OCH3 is 1. The van der Waals surface area contributed by atoms with Gasteiger partial charge in [-0.05, 0) is 39.2 Å². The van der Waals surface area contributed by atoms with Crippen LogP contribution in [0.1, 0.15) is 25.2 Å². The fourth-order valence-corrected chi connectivity index (χ4v) is 4.45. The summed E-state index contributed by atoms with van der Waals surface area (Å²) in [4.78, 5) is 31.4. The normalized spacial score (nSPS) is 14.0. The summed E-state index contributed by atoms with van der Waals surface area (Å²) in [5, 5.41) is 15.1. The number of rotatable bonds is 9. The number of ether oxygens (including phenoxy) is 1. The molecule has 0 fully saturated rings. The number of nitro groups is 1. The van der Waals surface area contributed by atoms with Gasteiger partial charge in [-0.3, -0.25) is 15.1 Å². The number of nitrogens with zero attached hydrogens (tertiary/aromatic N) is 7. The van der Waals surface area contributed by atoms with E-state index in [1.54, 1.807) is 12.3 Å². The maximum absolute atomic E-state index is 12.0. The lowest BCUT2D eigenvalue weighted by Crippen LogP contribution is -2.29. The van der Waals surface area contributed by atoms with E-state index in [1.807, 2.05) is 50.0 Å². The molecule has 4 rings (SSSR count). The lowest BCUT2D eigenvalue weighted by molar-refractivity contribution is -0.384. The minimum absolute atomic E-state index is 0.0302. The fourth-order valence-electron chi connectivity index (χ4n) is 4.45. The van der Waals surface area contributed by atoms with Crippen LogP contribution in [0.5, 0.6) is 5.75 Å². The fraction of sp³-hybridized carbons (Fsp3) is 0.423. The van der Waals surface area contributed by atoms with Gasteiger partial charge in [0.1, 0.15) is 17.3 Å². The lowest BCUT2D eigenvalue weighted by atomic mass is 9.91. The molecule has 0 saturated heterocycles. The number of hydrogen-bond donors (Lipinski definition) is 1. The Hall–Kier alpha value is -3.99. The molecule has 0 atom stereocenters. The monoisotopic (exact) mass is 506 g/mol. The molecule has 0 spiro atoms. The topological polar surface area (TPSA) is 113 Å². The zero-order valence-electron chi connectivity index (χ0n) is 22.4. The third-order valence-electron chi connectivity index (χ3n) is 6.45. The third kappa shape index (κ3) is 5.41. The van der Waals surface area contributed by atoms with Gasteiger partial charge in [-0.15, -0.1) is 0 Å². The second kappa shape index (κ2) is 10.2. The Morgan fingerprint density at radius 2 is 1.92 bits per heavy atom. The predicted molar refractivity (Wildman–Crippen MR) is 146 cm³/mol. The molecule has 2 aromatic heterocycles. The highest BCUT2D eigenvalue weighted by Gasteiger charge is 2.38. The maximum atomic E-state index is 12.0. The molecular formula is C26H34N8O3. The van der Waals surface area contributed by atoms with Crippen molar-refractivity contribution in [3.05, 3.63) is 58.0 Å². The Morgan fingerprint density at radius 3 is 2.59 bits per heavy atom. The molecule has 1 N–H and O–H groups in total. The Balaban J connectivity index is 1.66. The van der Waals surface area contributed by atoms with Crippen LogP contribution in [0, 0.1) is 17.0 Å². The molecule has 1 aromatic carbocycles. The molecule has 3 heterocycles. The number of aromatic nitrogens is 3. The predicted octanol–water partition coefficient (Wildman–Crippen LogP) is 4.27. The van der Waals surface area contributed by atoms with Crippen molar-refractivity contribution in [2.75, 3.05) is 63.0 Å². The van der Waals surface area contributed by atoms with Crippen molar-refractivity contribution in [3.8, 4) is 5.75 Å². The molecule has 11 nitrogen and oxygen atoms in total. The van der Waals surface area contributed by atoms with E-state index in [2.05, 4.69) is 35.1 Å². The molecule has 1 aliphatic rings. The van der Waals surface area contributed by atoms with Crippen molar-refractivity contribution < 1.29 is 9.66 Å². The molecule has 0 bridgehead atoms. The van der Waals surface area contributed by atoms with Gasteiger partial charge in [-0.25, -0.2) is 4.98 Å². The van der Waals surface area contributed by atoms with Crippen LogP contribution in [0.15, 0.2) is 36.5 Å². The molecule has 0 saturated carbocycles. The SMILES string of the molecule is COc1cc(N(C)CCN(C)C)c([N+](=O)[O-])cc1Nc1nccc(N2CC(C)(C)c3nc(C)ccc32)n1. The van der Waals surface area contributed by atoms with Gasteiger partial charge in [-0.2, -0.15) is 4.98 Å². The number of likely N-dealkylation sites (N-methyl/N-ethyl adjacent to an activating group) is 2. The highest BCUT2D eigenvalue weighted by molar-refractivity contribution is 5.77. The van der Waals surface area contributed by atoms with Crippen molar-refractivity contribution in [2.45, 2.75) is 26.2 Å². The van der Waals surface area contributed by atoms with Crippen LogP contribution in [0.25, 0.3) is 0 Å². The van der Waals surface area contributed by atoms with E-state index < -0.39 is 0 Å². The Labute approximate surface area is 217 Å². The molecule has 1 aliphatic heterocycles. The van der Waals surface area contributed by atoms with Crippen LogP contribution in [-0.2, 0) is 5.41 Å². The Morgan fingerprint density at radius 1 is 1.16 bits per heavy atom. The summed E-state index contributed by atoms with van der Waals surface area (Å²) >= 11 is 0. The highest BCUT2D eigenvalue weighted by Crippen LogP contribution is 2.43. The van der Waals surface area contributed by atoms with Crippen LogP contribution in [0.4, 0.5) is 34.5 Å². The molecule has 11 heteroatoms. The summed E-state index contributed by atoms with van der Waals surface area (Å²) in [6.07, 6.45) is 1.67. The van der Waals surface area contributed by atoms with Gasteiger partial charge in [0.15, 0.2) is 0 Å². The Bertz CT molecular complexity index is 1310. The van der Waals surface area contributed by atoms with Crippen molar-refractivity contribution in [2.24, 2.45) is 0 Å². The second-order valence-corrected chi connectivity index (χ2v) is 10.2. The van der Waals surface area contributed by atoms with Gasteiger partial charge in [0.25, 0.3) is 5.69 Å². The van der Waals surface area contributed by atoms with Gasteiger partial charge in [-0.1, -0.05) is 13.8 Å². The third-order valence-corrected chi connectivity index (χ3v) is 6.45. The molecule has 37 heavy (non-hydrogen) atoms. The molecule has 0 aliphatic carbocycles. The lowest BCUT2D eigenvalue weighted by Gasteiger charge is -2.23. The Kier molecular flexibility index (Phi) is 7.17. The van der Waals surface area contributed by atoms with E-state index in [9.17, 15) is 10.1 Å². The van der Waals surface area contributed by atoms with Gasteiger partial charge >= 0.3 is 0 Å². The zero-order valence-corrected chi connectivity index (χ0v) is 22.4. The van der Waals surface area contributed by atoms with Crippen molar-refractivity contribution in [3.63, 3.8) is 0 Å². The molecule has 0 radical (unpaired) electrons. The smallest absolute Gasteiger partial charge is 0.294 e. The van der Waals surface area contributed by atoms with Gasteiger partial charge in [0.2, 0.25) is 5.95 Å². The minimum atomic E-state index is -0.387. The molecule has 196 valence electrons. The minimum Gasteiger partial charge on any atom is -0.494 e. The van der Waals surface area contributed by atoms with Gasteiger partial charge in [0.05, 0.1) is 29.1 Å². The van der Waals surface area contributed by atoms with Crippen LogP contribution >= 0.6 is 0 Å². The zero-order chi connectivity index (χ0) is 26.9. The van der Waals surface area contributed by atoms with Crippen molar-refractivity contribution >= 4 is 34.5 Å². The van der Waals surface area contributed by atoms with Crippen LogP contribution in [0.2, 0.25) is 0 Å². The second-order valence-electron chi connectivity index (χ2n) is 10.2. The van der Waals surface area contributed by atoms with E-state index in [0.717, 1.165) is 30.2 Å². The number of pyridine rings is 1. The van der Waals surface area contributed by atoms with E-state index in [1.165, 1.54) is 13.2 Å². The van der Waals surface area contributed by atoms with Crippen LogP contribution in [0.3, 0.4) is 0 Å². The summed E-state index contributed by atoms with van der Waals surface area (Å²) in [7, 11) is 7.29. The van der Waals surface area contributed by atoms with E-state index in [0.29, 0.717) is 35.4 Å². The molecular weight excluding hydrogens is 472 g/mol.